The second-order valence-corrected chi connectivity index (χ2v) is 9.58. The van der Waals surface area contributed by atoms with Gasteiger partial charge in [-0.05, 0) is 52.0 Å². The summed E-state index contributed by atoms with van der Waals surface area (Å²) < 4.78 is 0. The predicted octanol–water partition coefficient (Wildman–Crippen LogP) is 4.63. The van der Waals surface area contributed by atoms with E-state index in [-0.39, 0.29) is 24.0 Å². The van der Waals surface area contributed by atoms with Crippen molar-refractivity contribution in [2.24, 2.45) is 4.99 Å². The number of aromatic nitrogens is 1. The Morgan fingerprint density at radius 1 is 1.17 bits per heavy atom. The van der Waals surface area contributed by atoms with Gasteiger partial charge in [-0.15, -0.1) is 35.3 Å². The highest BCUT2D eigenvalue weighted by atomic mass is 127. The molecule has 5 nitrogen and oxygen atoms in total. The van der Waals surface area contributed by atoms with Gasteiger partial charge in [0.2, 0.25) is 0 Å². The number of halogens is 1. The number of hydrogen-bond acceptors (Lipinski definition) is 4. The fraction of sp³-hybridized carbons (Fsp3) is 0.565. The van der Waals surface area contributed by atoms with Crippen LogP contribution < -0.4 is 10.6 Å². The minimum atomic E-state index is 0. The third-order valence-corrected chi connectivity index (χ3v) is 7.22. The van der Waals surface area contributed by atoms with Crippen LogP contribution in [0.4, 0.5) is 0 Å². The second-order valence-electron chi connectivity index (χ2n) is 8.29. The normalized spacial score (nSPS) is 23.8. The Morgan fingerprint density at radius 2 is 1.87 bits per heavy atom. The van der Waals surface area contributed by atoms with Crippen LogP contribution in [0.5, 0.6) is 0 Å². The highest BCUT2D eigenvalue weighted by Crippen LogP contribution is 2.36. The Hall–Kier alpha value is -1.19. The van der Waals surface area contributed by atoms with E-state index in [0.717, 1.165) is 29.8 Å². The average molecular weight is 540 g/mol. The summed E-state index contributed by atoms with van der Waals surface area (Å²) in [6.07, 6.45) is 5.05. The first-order valence-electron chi connectivity index (χ1n) is 10.9. The largest absolute Gasteiger partial charge is 0.357 e. The van der Waals surface area contributed by atoms with Gasteiger partial charge in [0.1, 0.15) is 0 Å². The first kappa shape index (κ1) is 23.5. The van der Waals surface area contributed by atoms with Crippen molar-refractivity contribution in [1.82, 2.24) is 20.5 Å². The summed E-state index contributed by atoms with van der Waals surface area (Å²) >= 11 is 1.75. The highest BCUT2D eigenvalue weighted by molar-refractivity contribution is 14.0. The molecule has 0 aliphatic carbocycles. The van der Waals surface area contributed by atoms with E-state index in [2.05, 4.69) is 71.6 Å². The maximum absolute atomic E-state index is 4.86. The molecule has 2 N–H and O–H groups in total. The summed E-state index contributed by atoms with van der Waals surface area (Å²) in [6, 6.07) is 12.8. The van der Waals surface area contributed by atoms with E-state index < -0.39 is 0 Å². The number of aryl methyl sites for hydroxylation is 2. The number of hydrogen-bond donors (Lipinski definition) is 2. The lowest BCUT2D eigenvalue weighted by Crippen LogP contribution is -2.52. The molecule has 0 amide bonds. The number of rotatable bonds is 6. The summed E-state index contributed by atoms with van der Waals surface area (Å²) in [5, 5.41) is 8.29. The van der Waals surface area contributed by atoms with Crippen LogP contribution in [-0.4, -0.2) is 40.5 Å². The maximum Gasteiger partial charge on any atom is 0.191 e. The highest BCUT2D eigenvalue weighted by Gasteiger charge is 2.40. The zero-order valence-electron chi connectivity index (χ0n) is 18.2. The van der Waals surface area contributed by atoms with Crippen molar-refractivity contribution >= 4 is 41.3 Å². The standard InChI is InChI=1S/C23H33N5S.HI/c1-4-24-23(25-14-22-16(2)26-17(3)29-22)27-19-12-20-10-11-21(13-19)28(20)15-18-8-6-5-7-9-18;/h5-9,19-21H,4,10-15H2,1-3H3,(H2,24,25,27);1H. The molecule has 0 radical (unpaired) electrons. The molecular formula is C23H34IN5S. The quantitative estimate of drug-likeness (QED) is 0.320. The average Bonchev–Trinajstić information content (AvgIpc) is 3.14. The summed E-state index contributed by atoms with van der Waals surface area (Å²) in [5.41, 5.74) is 2.54. The molecule has 4 rings (SSSR count). The Morgan fingerprint density at radius 3 is 2.47 bits per heavy atom. The second kappa shape index (κ2) is 10.9. The molecule has 164 valence electrons. The van der Waals surface area contributed by atoms with Gasteiger partial charge in [0.25, 0.3) is 0 Å². The van der Waals surface area contributed by atoms with E-state index in [9.17, 15) is 0 Å². The third kappa shape index (κ3) is 5.73. The van der Waals surface area contributed by atoms with Gasteiger partial charge in [0.05, 0.1) is 17.2 Å². The van der Waals surface area contributed by atoms with E-state index in [4.69, 9.17) is 4.99 Å². The van der Waals surface area contributed by atoms with Crippen LogP contribution in [0.25, 0.3) is 0 Å². The Balaban J connectivity index is 0.00000256. The van der Waals surface area contributed by atoms with Gasteiger partial charge in [-0.2, -0.15) is 0 Å². The zero-order valence-corrected chi connectivity index (χ0v) is 21.4. The number of aliphatic imine (C=N–C) groups is 1. The van der Waals surface area contributed by atoms with Crippen LogP contribution in [0.1, 0.15) is 53.7 Å². The molecule has 0 spiro atoms. The maximum atomic E-state index is 4.86. The number of thiazole rings is 1. The molecule has 30 heavy (non-hydrogen) atoms. The molecule has 2 unspecified atom stereocenters. The van der Waals surface area contributed by atoms with Crippen molar-refractivity contribution in [2.75, 3.05) is 6.54 Å². The molecule has 3 heterocycles. The van der Waals surface area contributed by atoms with E-state index in [1.54, 1.807) is 11.3 Å². The molecule has 1 aromatic carbocycles. The summed E-state index contributed by atoms with van der Waals surface area (Å²) in [6.45, 7) is 8.94. The van der Waals surface area contributed by atoms with Gasteiger partial charge in [0.15, 0.2) is 5.96 Å². The molecule has 2 aliphatic heterocycles. The molecule has 7 heteroatoms. The first-order valence-corrected chi connectivity index (χ1v) is 11.7. The van der Waals surface area contributed by atoms with E-state index in [1.165, 1.54) is 36.1 Å². The van der Waals surface area contributed by atoms with Crippen molar-refractivity contribution in [3.8, 4) is 0 Å². The number of fused-ring (bicyclic) bond motifs is 2. The van der Waals surface area contributed by atoms with Crippen LogP contribution in [-0.2, 0) is 13.1 Å². The van der Waals surface area contributed by atoms with E-state index in [0.29, 0.717) is 24.7 Å². The monoisotopic (exact) mass is 539 g/mol. The molecular weight excluding hydrogens is 505 g/mol. The molecule has 2 fully saturated rings. The zero-order chi connectivity index (χ0) is 20.2. The lowest BCUT2D eigenvalue weighted by Gasteiger charge is -2.39. The van der Waals surface area contributed by atoms with Gasteiger partial charge in [-0.25, -0.2) is 9.98 Å². The van der Waals surface area contributed by atoms with Crippen molar-refractivity contribution in [2.45, 2.75) is 77.7 Å². The minimum absolute atomic E-state index is 0. The summed E-state index contributed by atoms with van der Waals surface area (Å²) in [4.78, 5) is 13.4. The SMILES string of the molecule is CCNC(=NCc1sc(C)nc1C)NC1CC2CCC(C1)N2Cc1ccccc1.I. The Bertz CT molecular complexity index is 823. The summed E-state index contributed by atoms with van der Waals surface area (Å²) in [7, 11) is 0. The Labute approximate surface area is 201 Å². The number of nitrogens with zero attached hydrogens (tertiary/aromatic N) is 3. The molecule has 2 saturated heterocycles. The third-order valence-electron chi connectivity index (χ3n) is 6.16. The first-order chi connectivity index (χ1) is 14.1. The van der Waals surface area contributed by atoms with Gasteiger partial charge in [0, 0.05) is 36.1 Å². The number of benzene rings is 1. The number of nitrogens with one attached hydrogen (secondary N) is 2. The lowest BCUT2D eigenvalue weighted by atomic mass is 9.96. The van der Waals surface area contributed by atoms with Crippen LogP contribution in [0.3, 0.4) is 0 Å². The van der Waals surface area contributed by atoms with Gasteiger partial charge < -0.3 is 10.6 Å². The van der Waals surface area contributed by atoms with Crippen molar-refractivity contribution in [1.29, 1.82) is 0 Å². The molecule has 2 atom stereocenters. The molecule has 2 bridgehead atoms. The van der Waals surface area contributed by atoms with Crippen LogP contribution in [0.15, 0.2) is 35.3 Å². The molecule has 0 saturated carbocycles. The lowest BCUT2D eigenvalue weighted by molar-refractivity contribution is 0.114. The predicted molar refractivity (Wildman–Crippen MR) is 137 cm³/mol. The van der Waals surface area contributed by atoms with Crippen molar-refractivity contribution in [3.63, 3.8) is 0 Å². The van der Waals surface area contributed by atoms with Crippen LogP contribution in [0, 0.1) is 13.8 Å². The van der Waals surface area contributed by atoms with Crippen molar-refractivity contribution < 1.29 is 0 Å². The van der Waals surface area contributed by atoms with E-state index >= 15 is 0 Å². The topological polar surface area (TPSA) is 52.6 Å². The van der Waals surface area contributed by atoms with Crippen LogP contribution in [0.2, 0.25) is 0 Å². The molecule has 2 aromatic rings. The van der Waals surface area contributed by atoms with Gasteiger partial charge in [-0.1, -0.05) is 30.3 Å². The van der Waals surface area contributed by atoms with Gasteiger partial charge >= 0.3 is 0 Å². The number of piperidine rings is 1. The smallest absolute Gasteiger partial charge is 0.191 e. The fourth-order valence-corrected chi connectivity index (χ4v) is 5.69. The van der Waals surface area contributed by atoms with Crippen LogP contribution >= 0.6 is 35.3 Å². The summed E-state index contributed by atoms with van der Waals surface area (Å²) in [5.74, 6) is 0.943. The van der Waals surface area contributed by atoms with Crippen molar-refractivity contribution in [3.05, 3.63) is 51.5 Å². The number of guanidine groups is 1. The minimum Gasteiger partial charge on any atom is -0.357 e. The molecule has 2 aliphatic rings. The van der Waals surface area contributed by atoms with E-state index in [1.807, 2.05) is 0 Å². The Kier molecular flexibility index (Phi) is 8.53. The fourth-order valence-electron chi connectivity index (χ4n) is 4.83. The van der Waals surface area contributed by atoms with Gasteiger partial charge in [-0.3, -0.25) is 4.90 Å². The molecule has 1 aromatic heterocycles.